The van der Waals surface area contributed by atoms with Crippen molar-refractivity contribution in [2.45, 2.75) is 57.7 Å². The quantitative estimate of drug-likeness (QED) is 0.860. The van der Waals surface area contributed by atoms with Gasteiger partial charge in [-0.25, -0.2) is 9.67 Å². The molecule has 2 aliphatic rings. The van der Waals surface area contributed by atoms with E-state index in [0.29, 0.717) is 35.9 Å². The van der Waals surface area contributed by atoms with Crippen LogP contribution in [0, 0.1) is 12.8 Å². The van der Waals surface area contributed by atoms with Gasteiger partial charge in [0.15, 0.2) is 5.82 Å². The third-order valence-corrected chi connectivity index (χ3v) is 4.47. The summed E-state index contributed by atoms with van der Waals surface area (Å²) in [6, 6.07) is 0. The largest absolute Gasteiger partial charge is 0.374 e. The van der Waals surface area contributed by atoms with Crippen LogP contribution in [0.2, 0.25) is 0 Å². The minimum absolute atomic E-state index is 0.203. The average molecular weight is 303 g/mol. The first kappa shape index (κ1) is 13.9. The molecule has 2 aromatic rings. The van der Waals surface area contributed by atoms with Crippen molar-refractivity contribution in [1.29, 1.82) is 0 Å². The van der Waals surface area contributed by atoms with Crippen molar-refractivity contribution < 1.29 is 9.26 Å². The van der Waals surface area contributed by atoms with Crippen molar-refractivity contribution in [1.82, 2.24) is 24.9 Å². The molecule has 7 heteroatoms. The van der Waals surface area contributed by atoms with Crippen molar-refractivity contribution in [3.63, 3.8) is 0 Å². The summed E-state index contributed by atoms with van der Waals surface area (Å²) in [6.45, 7) is 1.85. The average Bonchev–Trinajstić information content (AvgIpc) is 3.17. The molecular formula is C15H21N5O2. The van der Waals surface area contributed by atoms with E-state index < -0.39 is 0 Å². The summed E-state index contributed by atoms with van der Waals surface area (Å²) in [4.78, 5) is 8.77. The van der Waals surface area contributed by atoms with Crippen molar-refractivity contribution in [2.75, 3.05) is 0 Å². The minimum Gasteiger partial charge on any atom is -0.374 e. The van der Waals surface area contributed by atoms with Gasteiger partial charge in [0.2, 0.25) is 11.7 Å². The lowest BCUT2D eigenvalue weighted by Crippen LogP contribution is -2.30. The van der Waals surface area contributed by atoms with Crippen LogP contribution in [0.25, 0.3) is 11.6 Å². The van der Waals surface area contributed by atoms with E-state index in [1.165, 1.54) is 25.7 Å². The first-order chi connectivity index (χ1) is 10.7. The van der Waals surface area contributed by atoms with Crippen LogP contribution in [-0.2, 0) is 18.2 Å². The van der Waals surface area contributed by atoms with Gasteiger partial charge in [0.25, 0.3) is 0 Å². The molecular weight excluding hydrogens is 282 g/mol. The summed E-state index contributed by atoms with van der Waals surface area (Å²) in [5, 5.41) is 8.24. The Bertz CT molecular complexity index is 661. The van der Waals surface area contributed by atoms with E-state index in [2.05, 4.69) is 20.2 Å². The standard InChI is InChI=1S/C15H21N5O2/c1-9-16-15(20(2)18-9)14-17-13(22-19-14)8-11-4-3-5-12(21-11)10-6-7-10/h10-12H,3-8H2,1-2H3/t11-,12+/m0/s1. The molecule has 1 saturated carbocycles. The van der Waals surface area contributed by atoms with Gasteiger partial charge in [0.1, 0.15) is 5.82 Å². The molecule has 0 N–H and O–H groups in total. The van der Waals surface area contributed by atoms with E-state index in [1.807, 2.05) is 14.0 Å². The van der Waals surface area contributed by atoms with E-state index in [1.54, 1.807) is 4.68 Å². The zero-order valence-corrected chi connectivity index (χ0v) is 13.0. The second kappa shape index (κ2) is 5.46. The molecule has 2 aromatic heterocycles. The highest BCUT2D eigenvalue weighted by Gasteiger charge is 2.36. The van der Waals surface area contributed by atoms with Gasteiger partial charge in [-0.2, -0.15) is 10.1 Å². The number of hydrogen-bond acceptors (Lipinski definition) is 6. The molecule has 0 unspecified atom stereocenters. The third kappa shape index (κ3) is 2.77. The molecule has 0 bridgehead atoms. The molecule has 2 fully saturated rings. The Balaban J connectivity index is 1.44. The first-order valence-corrected chi connectivity index (χ1v) is 8.05. The van der Waals surface area contributed by atoms with Crippen molar-refractivity contribution in [3.8, 4) is 11.6 Å². The van der Waals surface area contributed by atoms with Crippen molar-refractivity contribution >= 4 is 0 Å². The van der Waals surface area contributed by atoms with Gasteiger partial charge in [0.05, 0.1) is 18.6 Å². The topological polar surface area (TPSA) is 78.9 Å². The highest BCUT2D eigenvalue weighted by Crippen LogP contribution is 2.39. The molecule has 22 heavy (non-hydrogen) atoms. The van der Waals surface area contributed by atoms with Gasteiger partial charge >= 0.3 is 0 Å². The highest BCUT2D eigenvalue weighted by atomic mass is 16.5. The molecule has 7 nitrogen and oxygen atoms in total. The van der Waals surface area contributed by atoms with Crippen LogP contribution in [0.4, 0.5) is 0 Å². The second-order valence-electron chi connectivity index (χ2n) is 6.39. The zero-order valence-electron chi connectivity index (χ0n) is 13.0. The Hall–Kier alpha value is -1.76. The predicted octanol–water partition coefficient (Wildman–Crippen LogP) is 2.06. The fourth-order valence-electron chi connectivity index (χ4n) is 3.23. The van der Waals surface area contributed by atoms with Gasteiger partial charge in [-0.15, -0.1) is 0 Å². The van der Waals surface area contributed by atoms with Crippen LogP contribution in [-0.4, -0.2) is 37.1 Å². The lowest BCUT2D eigenvalue weighted by molar-refractivity contribution is -0.0616. The Kier molecular flexibility index (Phi) is 3.44. The molecule has 0 amide bonds. The zero-order chi connectivity index (χ0) is 15.1. The molecule has 0 aromatic carbocycles. The number of ether oxygens (including phenoxy) is 1. The summed E-state index contributed by atoms with van der Waals surface area (Å²) in [6.07, 6.45) is 7.50. The summed E-state index contributed by atoms with van der Waals surface area (Å²) in [7, 11) is 1.83. The van der Waals surface area contributed by atoms with Crippen LogP contribution < -0.4 is 0 Å². The number of nitrogens with zero attached hydrogens (tertiary/aromatic N) is 5. The molecule has 0 radical (unpaired) electrons. The van der Waals surface area contributed by atoms with Crippen molar-refractivity contribution in [2.24, 2.45) is 13.0 Å². The Morgan fingerprint density at radius 3 is 2.77 bits per heavy atom. The molecule has 1 saturated heterocycles. The molecule has 0 spiro atoms. The molecule has 2 atom stereocenters. The summed E-state index contributed by atoms with van der Waals surface area (Å²) < 4.78 is 13.2. The van der Waals surface area contributed by atoms with Crippen molar-refractivity contribution in [3.05, 3.63) is 11.7 Å². The minimum atomic E-state index is 0.203. The predicted molar refractivity (Wildman–Crippen MR) is 78.0 cm³/mol. The SMILES string of the molecule is Cc1nc(-c2noc(C[C@@H]3CCC[C@H](C4CC4)O3)n2)n(C)n1. The van der Waals surface area contributed by atoms with Gasteiger partial charge < -0.3 is 9.26 Å². The number of hydrogen-bond donors (Lipinski definition) is 0. The van der Waals surface area contributed by atoms with Crippen LogP contribution in [0.3, 0.4) is 0 Å². The van der Waals surface area contributed by atoms with E-state index in [-0.39, 0.29) is 6.10 Å². The third-order valence-electron chi connectivity index (χ3n) is 4.47. The lowest BCUT2D eigenvalue weighted by atomic mass is 9.99. The maximum atomic E-state index is 6.20. The van der Waals surface area contributed by atoms with Crippen LogP contribution >= 0.6 is 0 Å². The summed E-state index contributed by atoms with van der Waals surface area (Å²) in [5.41, 5.74) is 0. The van der Waals surface area contributed by atoms with Crippen LogP contribution in [0.15, 0.2) is 4.52 Å². The molecule has 1 aliphatic heterocycles. The van der Waals surface area contributed by atoms with Gasteiger partial charge in [-0.1, -0.05) is 5.16 Å². The fraction of sp³-hybridized carbons (Fsp3) is 0.733. The fourth-order valence-corrected chi connectivity index (χ4v) is 3.23. The van der Waals surface area contributed by atoms with E-state index in [9.17, 15) is 0 Å². The van der Waals surface area contributed by atoms with E-state index in [0.717, 1.165) is 12.3 Å². The Labute approximate surface area is 129 Å². The molecule has 1 aliphatic carbocycles. The lowest BCUT2D eigenvalue weighted by Gasteiger charge is -2.29. The van der Waals surface area contributed by atoms with Gasteiger partial charge in [-0.05, 0) is 44.9 Å². The van der Waals surface area contributed by atoms with E-state index >= 15 is 0 Å². The maximum Gasteiger partial charge on any atom is 0.239 e. The first-order valence-electron chi connectivity index (χ1n) is 8.05. The number of aryl methyl sites for hydroxylation is 2. The molecule has 118 valence electrons. The highest BCUT2D eigenvalue weighted by molar-refractivity contribution is 5.41. The van der Waals surface area contributed by atoms with Gasteiger partial charge in [0, 0.05) is 7.05 Å². The second-order valence-corrected chi connectivity index (χ2v) is 6.39. The monoisotopic (exact) mass is 303 g/mol. The molecule has 4 rings (SSSR count). The van der Waals surface area contributed by atoms with Crippen LogP contribution in [0.1, 0.15) is 43.8 Å². The maximum absolute atomic E-state index is 6.20. The van der Waals surface area contributed by atoms with E-state index in [4.69, 9.17) is 9.26 Å². The normalized spacial score (nSPS) is 25.5. The van der Waals surface area contributed by atoms with Crippen LogP contribution in [0.5, 0.6) is 0 Å². The Morgan fingerprint density at radius 1 is 1.18 bits per heavy atom. The van der Waals surface area contributed by atoms with Gasteiger partial charge in [-0.3, -0.25) is 0 Å². The summed E-state index contributed by atoms with van der Waals surface area (Å²) in [5.74, 6) is 3.24. The Morgan fingerprint density at radius 2 is 2.05 bits per heavy atom. The number of aromatic nitrogens is 5. The molecule has 3 heterocycles. The number of rotatable bonds is 4. The smallest absolute Gasteiger partial charge is 0.239 e. The summed E-state index contributed by atoms with van der Waals surface area (Å²) >= 11 is 0.